The van der Waals surface area contributed by atoms with E-state index in [9.17, 15) is 14.9 Å². The summed E-state index contributed by atoms with van der Waals surface area (Å²) in [7, 11) is 0. The van der Waals surface area contributed by atoms with Crippen molar-refractivity contribution in [2.45, 2.75) is 13.0 Å². The lowest BCUT2D eigenvalue weighted by molar-refractivity contribution is -0.383. The summed E-state index contributed by atoms with van der Waals surface area (Å²) in [6.45, 7) is 1.43. The molecular weight excluding hydrogens is 258 g/mol. The molecule has 0 aliphatic carbocycles. The highest BCUT2D eigenvalue weighted by molar-refractivity contribution is 5.93. The van der Waals surface area contributed by atoms with Gasteiger partial charge in [0.15, 0.2) is 5.52 Å². The fraction of sp³-hybridized carbons (Fsp3) is 0.222. The number of hydrogen-bond acceptors (Lipinski definition) is 8. The van der Waals surface area contributed by atoms with Crippen LogP contribution in [0.25, 0.3) is 11.0 Å². The first-order valence-electron chi connectivity index (χ1n) is 5.14. The van der Waals surface area contributed by atoms with Crippen LogP contribution in [0.1, 0.15) is 6.92 Å². The van der Waals surface area contributed by atoms with Gasteiger partial charge in [0.05, 0.1) is 10.6 Å². The summed E-state index contributed by atoms with van der Waals surface area (Å²) >= 11 is 0. The van der Waals surface area contributed by atoms with Crippen molar-refractivity contribution in [3.05, 3.63) is 22.2 Å². The molecule has 10 nitrogen and oxygen atoms in total. The number of rotatable bonds is 5. The molecular formula is C9H9N5O5. The van der Waals surface area contributed by atoms with Crippen molar-refractivity contribution in [3.8, 4) is 0 Å². The van der Waals surface area contributed by atoms with E-state index in [1.165, 1.54) is 19.1 Å². The molecule has 3 N–H and O–H groups in total. The topological polar surface area (TPSA) is 143 Å². The van der Waals surface area contributed by atoms with Gasteiger partial charge in [0.25, 0.3) is 0 Å². The minimum absolute atomic E-state index is 0.0141. The third-order valence-corrected chi connectivity index (χ3v) is 2.38. The predicted molar refractivity (Wildman–Crippen MR) is 62.3 cm³/mol. The van der Waals surface area contributed by atoms with Crippen LogP contribution in [0.15, 0.2) is 16.8 Å². The molecule has 0 bridgehead atoms. The molecule has 19 heavy (non-hydrogen) atoms. The zero-order valence-corrected chi connectivity index (χ0v) is 9.65. The van der Waals surface area contributed by atoms with Gasteiger partial charge >= 0.3 is 11.7 Å². The number of hydrogen-bond donors (Lipinski definition) is 3. The van der Waals surface area contributed by atoms with E-state index in [4.69, 9.17) is 5.11 Å². The van der Waals surface area contributed by atoms with Crippen molar-refractivity contribution in [1.29, 1.82) is 0 Å². The van der Waals surface area contributed by atoms with E-state index in [0.29, 0.717) is 5.69 Å². The molecule has 0 fully saturated rings. The summed E-state index contributed by atoms with van der Waals surface area (Å²) in [6.07, 6.45) is 0. The molecule has 0 unspecified atom stereocenters. The minimum atomic E-state index is -1.05. The van der Waals surface area contributed by atoms with E-state index < -0.39 is 16.9 Å². The molecule has 1 atom stereocenters. The first-order valence-corrected chi connectivity index (χ1v) is 5.14. The van der Waals surface area contributed by atoms with Gasteiger partial charge in [0.2, 0.25) is 5.52 Å². The van der Waals surface area contributed by atoms with Crippen LogP contribution in [0, 0.1) is 10.1 Å². The van der Waals surface area contributed by atoms with Crippen molar-refractivity contribution in [3.63, 3.8) is 0 Å². The second-order valence-electron chi connectivity index (χ2n) is 3.68. The van der Waals surface area contributed by atoms with E-state index in [1.54, 1.807) is 0 Å². The van der Waals surface area contributed by atoms with Crippen LogP contribution in [0.4, 0.5) is 11.4 Å². The lowest BCUT2D eigenvalue weighted by Crippen LogP contribution is -2.37. The largest absolute Gasteiger partial charge is 0.480 e. The fourth-order valence-electron chi connectivity index (χ4n) is 1.35. The van der Waals surface area contributed by atoms with Gasteiger partial charge in [-0.05, 0) is 23.3 Å². The number of aromatic nitrogens is 2. The molecule has 0 aliphatic rings. The van der Waals surface area contributed by atoms with E-state index in [-0.39, 0.29) is 16.7 Å². The molecule has 10 heteroatoms. The first kappa shape index (κ1) is 12.7. The smallest absolute Gasteiger partial charge is 0.322 e. The number of carboxylic acid groups (broad SMARTS) is 1. The molecule has 2 aromatic rings. The zero-order chi connectivity index (χ0) is 14.0. The average molecular weight is 267 g/mol. The molecule has 100 valence electrons. The monoisotopic (exact) mass is 267 g/mol. The number of anilines is 1. The summed E-state index contributed by atoms with van der Waals surface area (Å²) in [4.78, 5) is 20.8. The van der Waals surface area contributed by atoms with Crippen LogP contribution < -0.4 is 10.9 Å². The summed E-state index contributed by atoms with van der Waals surface area (Å²) in [6, 6.07) is 1.75. The van der Waals surface area contributed by atoms with Crippen molar-refractivity contribution < 1.29 is 19.5 Å². The standard InChI is InChI=1S/C9H9N5O5/c1-4(9(15)16)10-11-5-2-3-6(14(17)18)8-7(5)12-19-13-8/h2-4,10-11H,1H3,(H,15,16)/t4-/m0/s1. The number of nitrogens with one attached hydrogen (secondary N) is 2. The second kappa shape index (κ2) is 4.86. The zero-order valence-electron chi connectivity index (χ0n) is 9.65. The second-order valence-corrected chi connectivity index (χ2v) is 3.68. The highest BCUT2D eigenvalue weighted by atomic mass is 16.6. The Kier molecular flexibility index (Phi) is 3.25. The number of non-ortho nitro benzene ring substituents is 1. The fourth-order valence-corrected chi connectivity index (χ4v) is 1.35. The van der Waals surface area contributed by atoms with Gasteiger partial charge in [-0.3, -0.25) is 14.9 Å². The minimum Gasteiger partial charge on any atom is -0.480 e. The number of aliphatic carboxylic acids is 1. The number of carboxylic acids is 1. The lowest BCUT2D eigenvalue weighted by atomic mass is 10.2. The molecule has 0 saturated carbocycles. The van der Waals surface area contributed by atoms with Crippen LogP contribution in [-0.4, -0.2) is 32.4 Å². The van der Waals surface area contributed by atoms with Crippen molar-refractivity contribution in [2.75, 3.05) is 5.43 Å². The molecule has 0 aliphatic heterocycles. The number of fused-ring (bicyclic) bond motifs is 1. The van der Waals surface area contributed by atoms with Gasteiger partial charge in [0, 0.05) is 6.07 Å². The van der Waals surface area contributed by atoms with Crippen LogP contribution in [0.2, 0.25) is 0 Å². The molecule has 2 rings (SSSR count). The van der Waals surface area contributed by atoms with Crippen LogP contribution in [0.5, 0.6) is 0 Å². The average Bonchev–Trinajstić information content (AvgIpc) is 2.83. The summed E-state index contributed by atoms with van der Waals surface area (Å²) in [5, 5.41) is 26.5. The van der Waals surface area contributed by atoms with E-state index in [2.05, 4.69) is 25.8 Å². The Labute approximate surface area is 105 Å². The van der Waals surface area contributed by atoms with E-state index >= 15 is 0 Å². The number of benzene rings is 1. The molecule has 1 aromatic heterocycles. The Balaban J connectivity index is 2.30. The number of nitro benzene ring substituents is 1. The maximum Gasteiger partial charge on any atom is 0.322 e. The Morgan fingerprint density at radius 2 is 2.16 bits per heavy atom. The molecule has 1 heterocycles. The van der Waals surface area contributed by atoms with Gasteiger partial charge in [-0.2, -0.15) is 0 Å². The summed E-state index contributed by atoms with van der Waals surface area (Å²) in [5.41, 5.74) is 5.32. The molecule has 0 saturated heterocycles. The maximum atomic E-state index is 10.8. The van der Waals surface area contributed by atoms with Crippen LogP contribution in [-0.2, 0) is 4.79 Å². The molecule has 0 radical (unpaired) electrons. The van der Waals surface area contributed by atoms with E-state index in [0.717, 1.165) is 0 Å². The Morgan fingerprint density at radius 1 is 1.47 bits per heavy atom. The quantitative estimate of drug-likeness (QED) is 0.521. The number of nitro groups is 1. The highest BCUT2D eigenvalue weighted by Gasteiger charge is 2.20. The Hall–Kier alpha value is -2.75. The van der Waals surface area contributed by atoms with Gasteiger partial charge < -0.3 is 10.5 Å². The first-order chi connectivity index (χ1) is 9.00. The third-order valence-electron chi connectivity index (χ3n) is 2.38. The van der Waals surface area contributed by atoms with Gasteiger partial charge in [0.1, 0.15) is 6.04 Å². The normalized spacial score (nSPS) is 12.3. The lowest BCUT2D eigenvalue weighted by Gasteiger charge is -2.11. The van der Waals surface area contributed by atoms with E-state index in [1.807, 2.05) is 0 Å². The third kappa shape index (κ3) is 2.42. The maximum absolute atomic E-state index is 10.8. The molecule has 0 spiro atoms. The van der Waals surface area contributed by atoms with Crippen molar-refractivity contribution in [2.24, 2.45) is 0 Å². The molecule has 1 aromatic carbocycles. The van der Waals surface area contributed by atoms with Crippen molar-refractivity contribution in [1.82, 2.24) is 15.7 Å². The van der Waals surface area contributed by atoms with Gasteiger partial charge in [-0.15, -0.1) is 0 Å². The predicted octanol–water partition coefficient (Wildman–Crippen LogP) is 0.521. The van der Waals surface area contributed by atoms with Gasteiger partial charge in [-0.25, -0.2) is 10.1 Å². The van der Waals surface area contributed by atoms with Crippen molar-refractivity contribution >= 4 is 28.4 Å². The van der Waals surface area contributed by atoms with Crippen LogP contribution in [0.3, 0.4) is 0 Å². The summed E-state index contributed by atoms with van der Waals surface area (Å²) < 4.78 is 4.46. The Morgan fingerprint density at radius 3 is 2.79 bits per heavy atom. The van der Waals surface area contributed by atoms with Crippen LogP contribution >= 0.6 is 0 Å². The molecule has 0 amide bonds. The highest BCUT2D eigenvalue weighted by Crippen LogP contribution is 2.28. The SMILES string of the molecule is C[C@H](NNc1ccc([N+](=O)[O-])c2nonc12)C(=O)O. The van der Waals surface area contributed by atoms with Gasteiger partial charge in [-0.1, -0.05) is 0 Å². The summed E-state index contributed by atoms with van der Waals surface area (Å²) in [5.74, 6) is -1.05. The number of nitrogens with zero attached hydrogens (tertiary/aromatic N) is 3. The Bertz CT molecular complexity index is 639. The number of carbonyl (C=O) groups is 1. The number of hydrazine groups is 1.